The van der Waals surface area contributed by atoms with Gasteiger partial charge in [0.2, 0.25) is 0 Å². The molecule has 0 spiro atoms. The largest absolute Gasteiger partial charge is 0.466 e. The summed E-state index contributed by atoms with van der Waals surface area (Å²) in [5, 5.41) is 6.83. The lowest BCUT2D eigenvalue weighted by Gasteiger charge is -2.13. The molecule has 3 aromatic rings. The highest BCUT2D eigenvalue weighted by Gasteiger charge is 2.16. The second kappa shape index (κ2) is 8.85. The summed E-state index contributed by atoms with van der Waals surface area (Å²) < 4.78 is 9.35. The quantitative estimate of drug-likeness (QED) is 0.369. The van der Waals surface area contributed by atoms with Crippen molar-refractivity contribution in [1.29, 1.82) is 0 Å². The van der Waals surface area contributed by atoms with Gasteiger partial charge in [0, 0.05) is 10.3 Å². The molecule has 0 atom stereocenters. The number of esters is 2. The number of nitrogens with one attached hydrogen (secondary N) is 1. The molecule has 28 heavy (non-hydrogen) atoms. The highest BCUT2D eigenvalue weighted by atomic mass is 32.2. The molecule has 0 amide bonds. The molecule has 9 heteroatoms. The number of hydrogen-bond acceptors (Lipinski definition) is 9. The summed E-state index contributed by atoms with van der Waals surface area (Å²) in [5.74, 6) is -1.34. The summed E-state index contributed by atoms with van der Waals surface area (Å²) in [4.78, 5) is 34.1. The van der Waals surface area contributed by atoms with E-state index in [1.807, 2.05) is 30.5 Å². The van der Waals surface area contributed by atoms with Crippen molar-refractivity contribution in [2.45, 2.75) is 16.8 Å². The second-order valence-electron chi connectivity index (χ2n) is 5.57. The Hall–Kier alpha value is -2.91. The molecule has 0 aliphatic rings. The van der Waals surface area contributed by atoms with E-state index in [0.29, 0.717) is 5.69 Å². The molecule has 0 unspecified atom stereocenters. The monoisotopic (exact) mass is 415 g/mol. The van der Waals surface area contributed by atoms with Crippen LogP contribution in [0.5, 0.6) is 0 Å². The summed E-state index contributed by atoms with van der Waals surface area (Å²) >= 11 is 3.01. The van der Waals surface area contributed by atoms with E-state index in [0.717, 1.165) is 31.8 Å². The maximum atomic E-state index is 12.0. The number of aryl methyl sites for hydroxylation is 1. The highest BCUT2D eigenvalue weighted by molar-refractivity contribution is 7.99. The predicted octanol–water partition coefficient (Wildman–Crippen LogP) is 3.79. The topological polar surface area (TPSA) is 90.4 Å². The van der Waals surface area contributed by atoms with Crippen molar-refractivity contribution in [2.75, 3.05) is 19.5 Å². The van der Waals surface area contributed by atoms with Crippen LogP contribution in [0.1, 0.15) is 5.56 Å². The molecule has 2 heterocycles. The van der Waals surface area contributed by atoms with E-state index < -0.39 is 11.9 Å². The van der Waals surface area contributed by atoms with Crippen LogP contribution in [0, 0.1) is 6.92 Å². The Morgan fingerprint density at radius 3 is 2.71 bits per heavy atom. The number of thiophene rings is 1. The van der Waals surface area contributed by atoms with Gasteiger partial charge in [-0.2, -0.15) is 0 Å². The number of rotatable bonds is 6. The fourth-order valence-electron chi connectivity index (χ4n) is 2.40. The number of hydrogen-bond donors (Lipinski definition) is 1. The number of para-hydroxylation sites is 1. The van der Waals surface area contributed by atoms with E-state index in [1.165, 1.54) is 32.3 Å². The van der Waals surface area contributed by atoms with E-state index in [9.17, 15) is 9.59 Å². The zero-order chi connectivity index (χ0) is 20.1. The maximum Gasteiger partial charge on any atom is 0.354 e. The van der Waals surface area contributed by atoms with Gasteiger partial charge < -0.3 is 14.8 Å². The average molecular weight is 415 g/mol. The Balaban J connectivity index is 1.96. The molecule has 2 aromatic heterocycles. The van der Waals surface area contributed by atoms with Crippen LogP contribution in [0.15, 0.2) is 57.7 Å². The minimum atomic E-state index is -0.677. The van der Waals surface area contributed by atoms with Crippen molar-refractivity contribution in [3.8, 4) is 0 Å². The number of aromatic nitrogens is 2. The first kappa shape index (κ1) is 19.8. The molecular weight excluding hydrogens is 398 g/mol. The van der Waals surface area contributed by atoms with E-state index in [1.54, 1.807) is 17.4 Å². The maximum absolute atomic E-state index is 12.0. The first-order chi connectivity index (χ1) is 13.5. The summed E-state index contributed by atoms with van der Waals surface area (Å²) in [6.45, 7) is 2.02. The number of anilines is 1. The second-order valence-corrected chi connectivity index (χ2v) is 7.46. The van der Waals surface area contributed by atoms with Gasteiger partial charge in [-0.05, 0) is 30.0 Å². The molecule has 0 fully saturated rings. The van der Waals surface area contributed by atoms with Crippen LogP contribution in [0.2, 0.25) is 0 Å². The Morgan fingerprint density at radius 1 is 1.18 bits per heavy atom. The first-order valence-electron chi connectivity index (χ1n) is 8.14. The first-order valence-corrected chi connectivity index (χ1v) is 9.83. The predicted molar refractivity (Wildman–Crippen MR) is 108 cm³/mol. The van der Waals surface area contributed by atoms with Crippen LogP contribution in [0.3, 0.4) is 0 Å². The molecule has 7 nitrogen and oxygen atoms in total. The number of benzene rings is 1. The van der Waals surface area contributed by atoms with Gasteiger partial charge in [0.15, 0.2) is 0 Å². The van der Waals surface area contributed by atoms with Crippen LogP contribution in [0.4, 0.5) is 5.69 Å². The molecule has 0 bridgehead atoms. The number of ether oxygens (including phenoxy) is 2. The third-order valence-electron chi connectivity index (χ3n) is 3.75. The van der Waals surface area contributed by atoms with Crippen LogP contribution in [0.25, 0.3) is 10.2 Å². The van der Waals surface area contributed by atoms with Crippen LogP contribution < -0.4 is 5.32 Å². The lowest BCUT2D eigenvalue weighted by Crippen LogP contribution is -2.15. The van der Waals surface area contributed by atoms with E-state index in [-0.39, 0.29) is 5.70 Å². The number of carbonyl (C=O) groups is 2. The summed E-state index contributed by atoms with van der Waals surface area (Å²) in [6, 6.07) is 7.41. The Morgan fingerprint density at radius 2 is 1.96 bits per heavy atom. The third-order valence-corrected chi connectivity index (χ3v) is 5.83. The molecule has 1 N–H and O–H groups in total. The molecule has 0 radical (unpaired) electrons. The lowest BCUT2D eigenvalue weighted by atomic mass is 10.3. The summed E-state index contributed by atoms with van der Waals surface area (Å²) in [7, 11) is 2.48. The van der Waals surface area contributed by atoms with Crippen LogP contribution in [-0.4, -0.2) is 36.1 Å². The lowest BCUT2D eigenvalue weighted by molar-refractivity contribution is -0.138. The third kappa shape index (κ3) is 4.32. The van der Waals surface area contributed by atoms with Crippen molar-refractivity contribution in [3.05, 3.63) is 53.3 Å². The van der Waals surface area contributed by atoms with Gasteiger partial charge in [0.05, 0.1) is 26.0 Å². The van der Waals surface area contributed by atoms with Crippen molar-refractivity contribution in [2.24, 2.45) is 0 Å². The van der Waals surface area contributed by atoms with E-state index >= 15 is 0 Å². The smallest absolute Gasteiger partial charge is 0.354 e. The number of methoxy groups -OCH3 is 2. The van der Waals surface area contributed by atoms with Gasteiger partial charge in [-0.3, -0.25) is 0 Å². The van der Waals surface area contributed by atoms with E-state index in [2.05, 4.69) is 20.0 Å². The molecule has 3 rings (SSSR count). The molecule has 0 saturated carbocycles. The zero-order valence-corrected chi connectivity index (χ0v) is 17.0. The number of carbonyl (C=O) groups excluding carboxylic acids is 2. The van der Waals surface area contributed by atoms with Crippen molar-refractivity contribution < 1.29 is 19.1 Å². The Kier molecular flexibility index (Phi) is 6.27. The molecule has 144 valence electrons. The molecule has 0 saturated heterocycles. The minimum Gasteiger partial charge on any atom is -0.466 e. The Bertz CT molecular complexity index is 1060. The number of fused-ring (bicyclic) bond motifs is 1. The molecule has 0 aliphatic heterocycles. The fraction of sp³-hybridized carbons (Fsp3) is 0.158. The summed E-state index contributed by atoms with van der Waals surface area (Å²) in [5.41, 5.74) is 1.71. The highest BCUT2D eigenvalue weighted by Crippen LogP contribution is 2.38. The van der Waals surface area contributed by atoms with Gasteiger partial charge in [0.25, 0.3) is 0 Å². The molecular formula is C19H17N3O4S2. The van der Waals surface area contributed by atoms with Gasteiger partial charge in [0.1, 0.15) is 21.9 Å². The van der Waals surface area contributed by atoms with Crippen LogP contribution in [-0.2, 0) is 19.1 Å². The van der Waals surface area contributed by atoms with Gasteiger partial charge >= 0.3 is 11.9 Å². The average Bonchev–Trinajstić information content (AvgIpc) is 3.10. The zero-order valence-electron chi connectivity index (χ0n) is 15.4. The standard InChI is InChI=1S/C19H17N3O4S2/c1-11-9-27-17-16(11)18(21-10-20-17)28-14-7-5-4-6-12(14)22-13(19(24)26-3)8-15(23)25-2/h4-10,22H,1-3H3/b13-8+. The molecule has 0 aliphatic carbocycles. The van der Waals surface area contributed by atoms with Gasteiger partial charge in [-0.1, -0.05) is 23.9 Å². The van der Waals surface area contributed by atoms with Gasteiger partial charge in [-0.15, -0.1) is 11.3 Å². The SMILES string of the molecule is COC(=O)/C=C(/Nc1ccccc1Sc1ncnc2scc(C)c12)C(=O)OC. The van der Waals surface area contributed by atoms with Crippen LogP contribution >= 0.6 is 23.1 Å². The summed E-state index contributed by atoms with van der Waals surface area (Å²) in [6.07, 6.45) is 2.59. The van der Waals surface area contributed by atoms with Gasteiger partial charge in [-0.25, -0.2) is 19.6 Å². The van der Waals surface area contributed by atoms with Crippen molar-refractivity contribution in [1.82, 2.24) is 9.97 Å². The molecule has 1 aromatic carbocycles. The number of nitrogens with zero attached hydrogens (tertiary/aromatic N) is 2. The van der Waals surface area contributed by atoms with Crippen molar-refractivity contribution in [3.63, 3.8) is 0 Å². The fourth-order valence-corrected chi connectivity index (χ4v) is 4.40. The normalized spacial score (nSPS) is 11.3. The van der Waals surface area contributed by atoms with Crippen molar-refractivity contribution >= 4 is 50.9 Å². The Labute approximate surface area is 169 Å². The van der Waals surface area contributed by atoms with E-state index in [4.69, 9.17) is 4.74 Å². The minimum absolute atomic E-state index is 0.0260.